The minimum absolute atomic E-state index is 0.0179. The molecule has 0 radical (unpaired) electrons. The molecule has 0 aliphatic carbocycles. The zero-order valence-corrected chi connectivity index (χ0v) is 26.8. The van der Waals surface area contributed by atoms with E-state index >= 15 is 0 Å². The van der Waals surface area contributed by atoms with Crippen LogP contribution >= 0.6 is 0 Å². The summed E-state index contributed by atoms with van der Waals surface area (Å²) in [6, 6.07) is -0.291. The summed E-state index contributed by atoms with van der Waals surface area (Å²) in [5, 5.41) is 34.7. The van der Waals surface area contributed by atoms with E-state index in [1.165, 1.54) is 17.8 Å². The maximum absolute atomic E-state index is 12.6. The third-order valence-electron chi connectivity index (χ3n) is 9.44. The SMILES string of the molecule is CC1=C(/C=C/O)C(=O)N[C@@H]1Cc1[nH]c(Cc2[nH]c(/C=C3\NC(=O)[C@H](C)[C@H]3[C@@H]3C[SH+]3)c(C)c2CCC(=O)O)c(CCC(=O)O)c1C. The first-order valence-corrected chi connectivity index (χ1v) is 16.4. The van der Waals surface area contributed by atoms with Crippen LogP contribution < -0.4 is 10.6 Å². The summed E-state index contributed by atoms with van der Waals surface area (Å²) in [5.74, 6) is -0.948. The fourth-order valence-electron chi connectivity index (χ4n) is 6.74. The van der Waals surface area contributed by atoms with Crippen molar-refractivity contribution in [2.75, 3.05) is 5.75 Å². The second-order valence-corrected chi connectivity index (χ2v) is 13.6. The van der Waals surface area contributed by atoms with Gasteiger partial charge in [0.25, 0.3) is 5.91 Å². The highest BCUT2D eigenvalue weighted by Crippen LogP contribution is 2.38. The number of amides is 2. The van der Waals surface area contributed by atoms with E-state index < -0.39 is 11.9 Å². The molecule has 5 rings (SSSR count). The number of nitrogens with one attached hydrogen (secondary N) is 4. The van der Waals surface area contributed by atoms with Gasteiger partial charge in [-0.1, -0.05) is 6.92 Å². The van der Waals surface area contributed by atoms with Gasteiger partial charge in [-0.15, -0.1) is 0 Å². The summed E-state index contributed by atoms with van der Waals surface area (Å²) >= 11 is 1.35. The van der Waals surface area contributed by atoms with Crippen molar-refractivity contribution >= 4 is 41.6 Å². The molecule has 45 heavy (non-hydrogen) atoms. The van der Waals surface area contributed by atoms with Crippen LogP contribution in [0.2, 0.25) is 0 Å². The summed E-state index contributed by atoms with van der Waals surface area (Å²) in [7, 11) is 0. The largest absolute Gasteiger partial charge is 0.516 e. The summed E-state index contributed by atoms with van der Waals surface area (Å²) in [5.41, 5.74) is 9.10. The minimum Gasteiger partial charge on any atom is -0.516 e. The first kappa shape index (κ1) is 32.2. The minimum atomic E-state index is -0.908. The molecular weight excluding hydrogens is 596 g/mol. The first-order chi connectivity index (χ1) is 21.4. The number of aliphatic hydroxyl groups excluding tert-OH is 1. The number of aromatic nitrogens is 2. The standard InChI is InChI=1S/C33H40N4O7S/c1-15-19(5-7-29(39)40)25(34-22(15)11-24-17(3)21(9-10-38)33(44)36-24)13-26-20(6-8-30(41)42)16(2)23(35-26)12-27-31(28-14-45-28)18(4)32(43)37-27/h9-10,12,18,24,28,31,34-35,38H,5-8,11,13-14H2,1-4H3,(H,36,44)(H,37,43)(H,39,40)(H,41,42)/p+1/b10-9+,27-12-/t18-,24-,28+,31-/m1/s1. The number of hydrogen-bond donors (Lipinski definition) is 7. The summed E-state index contributed by atoms with van der Waals surface area (Å²) in [6.07, 6.45) is 5.60. The van der Waals surface area contributed by atoms with Gasteiger partial charge in [-0.25, -0.2) is 0 Å². The Labute approximate surface area is 265 Å². The number of allylic oxidation sites excluding steroid dienone is 1. The molecule has 0 bridgehead atoms. The lowest BCUT2D eigenvalue weighted by Crippen LogP contribution is -2.30. The van der Waals surface area contributed by atoms with Crippen LogP contribution in [0.25, 0.3) is 6.08 Å². The number of carbonyl (C=O) groups excluding carboxylic acids is 2. The Morgan fingerprint density at radius 3 is 2.18 bits per heavy atom. The lowest BCUT2D eigenvalue weighted by Gasteiger charge is -2.12. The molecule has 3 aliphatic heterocycles. The second kappa shape index (κ2) is 13.0. The molecule has 2 aromatic rings. The van der Waals surface area contributed by atoms with E-state index in [1.54, 1.807) is 0 Å². The van der Waals surface area contributed by atoms with Gasteiger partial charge in [-0.2, -0.15) is 0 Å². The molecule has 3 aliphatic rings. The van der Waals surface area contributed by atoms with Crippen molar-refractivity contribution in [2.45, 2.75) is 77.5 Å². The smallest absolute Gasteiger partial charge is 0.303 e. The molecular formula is C33H41N4O7S+. The maximum Gasteiger partial charge on any atom is 0.303 e. The Morgan fingerprint density at radius 1 is 0.956 bits per heavy atom. The molecule has 5 heterocycles. The summed E-state index contributed by atoms with van der Waals surface area (Å²) in [6.45, 7) is 7.71. The van der Waals surface area contributed by atoms with Crippen molar-refractivity contribution in [3.63, 3.8) is 0 Å². The van der Waals surface area contributed by atoms with Crippen molar-refractivity contribution in [1.82, 2.24) is 20.6 Å². The topological polar surface area (TPSA) is 185 Å². The zero-order chi connectivity index (χ0) is 32.6. The molecule has 240 valence electrons. The monoisotopic (exact) mass is 637 g/mol. The Kier molecular flexibility index (Phi) is 9.33. The third-order valence-corrected chi connectivity index (χ3v) is 10.6. The fourth-order valence-corrected chi connectivity index (χ4v) is 7.73. The van der Waals surface area contributed by atoms with E-state index in [2.05, 4.69) is 20.6 Å². The van der Waals surface area contributed by atoms with Crippen molar-refractivity contribution in [1.29, 1.82) is 0 Å². The number of carboxylic acids is 2. The van der Waals surface area contributed by atoms with E-state index in [0.717, 1.165) is 68.3 Å². The van der Waals surface area contributed by atoms with Gasteiger partial charge in [0.15, 0.2) is 11.0 Å². The van der Waals surface area contributed by atoms with Gasteiger partial charge >= 0.3 is 11.9 Å². The van der Waals surface area contributed by atoms with Crippen LogP contribution in [-0.2, 0) is 56.6 Å². The molecule has 2 aromatic heterocycles. The van der Waals surface area contributed by atoms with Crippen LogP contribution in [0.3, 0.4) is 0 Å². The predicted octanol–water partition coefficient (Wildman–Crippen LogP) is 2.93. The quantitative estimate of drug-likeness (QED) is 0.0762. The Bertz CT molecular complexity index is 1640. The molecule has 2 amide bonds. The highest BCUT2D eigenvalue weighted by molar-refractivity contribution is 7.86. The molecule has 4 atom stereocenters. The van der Waals surface area contributed by atoms with Crippen molar-refractivity contribution in [3.05, 3.63) is 74.2 Å². The highest BCUT2D eigenvalue weighted by Gasteiger charge is 2.52. The van der Waals surface area contributed by atoms with Crippen LogP contribution in [-0.4, -0.2) is 66.1 Å². The molecule has 7 N–H and O–H groups in total. The van der Waals surface area contributed by atoms with Crippen LogP contribution in [0.1, 0.15) is 71.7 Å². The number of aliphatic carboxylic acids is 2. The van der Waals surface area contributed by atoms with E-state index in [1.807, 2.05) is 33.8 Å². The van der Waals surface area contributed by atoms with Gasteiger partial charge in [0.05, 0.1) is 18.2 Å². The van der Waals surface area contributed by atoms with Gasteiger partial charge in [0, 0.05) is 65.6 Å². The maximum atomic E-state index is 12.6. The Morgan fingerprint density at radius 2 is 1.58 bits per heavy atom. The molecule has 0 saturated carbocycles. The van der Waals surface area contributed by atoms with Gasteiger partial charge in [0.2, 0.25) is 5.91 Å². The summed E-state index contributed by atoms with van der Waals surface area (Å²) in [4.78, 5) is 55.2. The average Bonchev–Trinajstić information content (AvgIpc) is 3.56. The molecule has 2 fully saturated rings. The summed E-state index contributed by atoms with van der Waals surface area (Å²) < 4.78 is 0. The predicted molar refractivity (Wildman–Crippen MR) is 172 cm³/mol. The van der Waals surface area contributed by atoms with E-state index in [-0.39, 0.29) is 42.5 Å². The van der Waals surface area contributed by atoms with Crippen molar-refractivity contribution < 1.29 is 34.5 Å². The number of aromatic amines is 2. The normalized spacial score (nSPS) is 23.8. The van der Waals surface area contributed by atoms with Gasteiger partial charge in [-0.3, -0.25) is 19.2 Å². The highest BCUT2D eigenvalue weighted by atomic mass is 32.2. The van der Waals surface area contributed by atoms with Crippen LogP contribution in [0.5, 0.6) is 0 Å². The average molecular weight is 638 g/mol. The zero-order valence-electron chi connectivity index (χ0n) is 25.9. The van der Waals surface area contributed by atoms with Crippen LogP contribution in [0.4, 0.5) is 0 Å². The van der Waals surface area contributed by atoms with Crippen LogP contribution in [0.15, 0.2) is 29.2 Å². The van der Waals surface area contributed by atoms with E-state index in [0.29, 0.717) is 36.5 Å². The molecule has 0 spiro atoms. The van der Waals surface area contributed by atoms with Gasteiger partial charge in [0.1, 0.15) is 0 Å². The lowest BCUT2D eigenvalue weighted by atomic mass is 9.91. The number of hydrogen-bond acceptors (Lipinski definition) is 5. The second-order valence-electron chi connectivity index (χ2n) is 12.2. The van der Waals surface area contributed by atoms with Gasteiger partial charge < -0.3 is 35.9 Å². The number of rotatable bonds is 13. The van der Waals surface area contributed by atoms with Crippen molar-refractivity contribution in [2.24, 2.45) is 11.8 Å². The van der Waals surface area contributed by atoms with Crippen LogP contribution in [0, 0.1) is 25.7 Å². The number of H-pyrrole nitrogens is 2. The molecule has 12 heteroatoms. The number of carboxylic acid groups (broad SMARTS) is 2. The Balaban J connectivity index is 1.51. The number of thiol groups is 1. The van der Waals surface area contributed by atoms with E-state index in [9.17, 15) is 34.5 Å². The molecule has 2 saturated heterocycles. The number of carbonyl (C=O) groups is 4. The molecule has 0 unspecified atom stereocenters. The third kappa shape index (κ3) is 6.75. The van der Waals surface area contributed by atoms with E-state index in [4.69, 9.17) is 0 Å². The van der Waals surface area contributed by atoms with Crippen molar-refractivity contribution in [3.8, 4) is 0 Å². The molecule has 0 aromatic carbocycles. The first-order valence-electron chi connectivity index (χ1n) is 15.2. The fraction of sp³-hybridized carbons (Fsp3) is 0.455. The Hall–Kier alpha value is -4.19. The molecule has 11 nitrogen and oxygen atoms in total. The van der Waals surface area contributed by atoms with Gasteiger partial charge in [-0.05, 0) is 85.4 Å². The number of aliphatic hydroxyl groups is 1. The lowest BCUT2D eigenvalue weighted by molar-refractivity contribution is -0.138.